The molecular formula is C54H90NO10P. The molecule has 0 aliphatic carbocycles. The summed E-state index contributed by atoms with van der Waals surface area (Å²) in [6.45, 7) is 2.43. The number of amides is 1. The van der Waals surface area contributed by atoms with Gasteiger partial charge in [0.05, 0.1) is 13.2 Å². The summed E-state index contributed by atoms with van der Waals surface area (Å²) in [5.41, 5.74) is 0. The van der Waals surface area contributed by atoms with Gasteiger partial charge in [-0.25, -0.2) is 9.36 Å². The molecule has 4 N–H and O–H groups in total. The number of unbranched alkanes of at least 4 members (excludes halogenated alkanes) is 16. The van der Waals surface area contributed by atoms with Gasteiger partial charge in [-0.3, -0.25) is 18.6 Å². The standard InChI is InChI=1S/C54H90NO10P/c1-3-5-7-9-11-13-15-17-19-21-23-24-25-26-28-30-32-34-36-38-40-42-44-46-53(58)63-47-50(56)48-64-66(61,62)65-49-51(54(59)60)55-52(57)45-43-41-39-37-35-33-31-29-27-22-20-18-16-14-12-10-8-6-4-2/h5,7,11-14,17-20,23-24,26,28,32,34,50-51,56H,3-4,6,8-10,15-16,21-22,25,27,29-31,33,35-49H2,1-2H3,(H,55,57)(H,59,60)(H,61,62)/b7-5-,13-11-,14-12-,19-17-,20-18-,24-23-,28-26-,34-32-. The van der Waals surface area contributed by atoms with Crippen LogP contribution in [0.5, 0.6) is 0 Å². The van der Waals surface area contributed by atoms with Crippen molar-refractivity contribution >= 4 is 25.7 Å². The van der Waals surface area contributed by atoms with Crippen LogP contribution in [0.25, 0.3) is 0 Å². The van der Waals surface area contributed by atoms with E-state index in [2.05, 4.69) is 116 Å². The van der Waals surface area contributed by atoms with E-state index in [1.165, 1.54) is 51.4 Å². The van der Waals surface area contributed by atoms with Crippen molar-refractivity contribution in [1.82, 2.24) is 5.32 Å². The molecule has 0 aliphatic rings. The van der Waals surface area contributed by atoms with Crippen LogP contribution < -0.4 is 5.32 Å². The van der Waals surface area contributed by atoms with E-state index in [4.69, 9.17) is 13.8 Å². The number of phosphoric acid groups is 1. The number of hydrogen-bond acceptors (Lipinski definition) is 8. The Bertz CT molecular complexity index is 1480. The zero-order chi connectivity index (χ0) is 48.4. The number of allylic oxidation sites excluding steroid dienone is 16. The van der Waals surface area contributed by atoms with Crippen molar-refractivity contribution in [3.8, 4) is 0 Å². The van der Waals surface area contributed by atoms with Crippen LogP contribution in [0, 0.1) is 0 Å². The maximum Gasteiger partial charge on any atom is 0.472 e. The zero-order valence-electron chi connectivity index (χ0n) is 41.0. The molecule has 0 saturated heterocycles. The largest absolute Gasteiger partial charge is 0.480 e. The van der Waals surface area contributed by atoms with E-state index in [1.54, 1.807) is 0 Å². The minimum atomic E-state index is -4.78. The maximum atomic E-state index is 12.4. The lowest BCUT2D eigenvalue weighted by Gasteiger charge is -2.18. The predicted molar refractivity (Wildman–Crippen MR) is 272 cm³/mol. The normalized spacial score (nSPS) is 14.4. The summed E-state index contributed by atoms with van der Waals surface area (Å²) in [6.07, 6.45) is 61.3. The SMILES string of the molecule is CC/C=C\C/C=C\C/C=C\C/C=C\C/C=C\C/C=C\CCCCCCC(=O)OCC(O)COP(=O)(O)OCC(NC(=O)CCCCCCCCCCC/C=C\C/C=C\CCCCC)C(=O)O. The van der Waals surface area contributed by atoms with Gasteiger partial charge in [0.2, 0.25) is 5.91 Å². The molecule has 1 amide bonds. The third-order valence-corrected chi connectivity index (χ3v) is 11.3. The number of carboxylic acids is 1. The van der Waals surface area contributed by atoms with Crippen LogP contribution in [-0.2, 0) is 32.7 Å². The average Bonchev–Trinajstić information content (AvgIpc) is 3.29. The van der Waals surface area contributed by atoms with E-state index in [0.29, 0.717) is 12.8 Å². The fourth-order valence-corrected chi connectivity index (χ4v) is 7.24. The number of aliphatic hydroxyl groups is 1. The van der Waals surface area contributed by atoms with E-state index in [0.717, 1.165) is 103 Å². The molecule has 3 unspecified atom stereocenters. The molecule has 0 aromatic heterocycles. The van der Waals surface area contributed by atoms with E-state index in [9.17, 15) is 34.1 Å². The second-order valence-electron chi connectivity index (χ2n) is 16.6. The molecule has 0 radical (unpaired) electrons. The van der Waals surface area contributed by atoms with Crippen molar-refractivity contribution in [3.05, 3.63) is 97.2 Å². The molecule has 0 aliphatic heterocycles. The van der Waals surface area contributed by atoms with Crippen LogP contribution in [0.3, 0.4) is 0 Å². The minimum Gasteiger partial charge on any atom is -0.480 e. The summed E-state index contributed by atoms with van der Waals surface area (Å²) in [6, 6.07) is -1.56. The number of carboxylic acid groups (broad SMARTS) is 1. The second-order valence-corrected chi connectivity index (χ2v) is 18.1. The number of aliphatic hydroxyl groups excluding tert-OH is 1. The van der Waals surface area contributed by atoms with E-state index >= 15 is 0 Å². The summed E-state index contributed by atoms with van der Waals surface area (Å²) >= 11 is 0. The number of hydrogen-bond donors (Lipinski definition) is 4. The predicted octanol–water partition coefficient (Wildman–Crippen LogP) is 14.0. The lowest BCUT2D eigenvalue weighted by Crippen LogP contribution is -2.43. The average molecular weight is 944 g/mol. The Morgan fingerprint density at radius 1 is 0.500 bits per heavy atom. The number of phosphoric ester groups is 1. The smallest absolute Gasteiger partial charge is 0.472 e. The van der Waals surface area contributed by atoms with Crippen molar-refractivity contribution in [2.24, 2.45) is 0 Å². The molecule has 0 spiro atoms. The van der Waals surface area contributed by atoms with Gasteiger partial charge < -0.3 is 25.2 Å². The zero-order valence-corrected chi connectivity index (χ0v) is 41.9. The van der Waals surface area contributed by atoms with E-state index < -0.39 is 57.6 Å². The fourth-order valence-electron chi connectivity index (χ4n) is 6.47. The highest BCUT2D eigenvalue weighted by molar-refractivity contribution is 7.47. The molecule has 0 bridgehead atoms. The molecule has 0 rings (SSSR count). The third-order valence-electron chi connectivity index (χ3n) is 10.4. The topological polar surface area (TPSA) is 169 Å². The summed E-state index contributed by atoms with van der Waals surface area (Å²) in [4.78, 5) is 46.1. The molecule has 3 atom stereocenters. The van der Waals surface area contributed by atoms with Gasteiger partial charge in [-0.15, -0.1) is 0 Å². The van der Waals surface area contributed by atoms with Crippen LogP contribution in [0.4, 0.5) is 0 Å². The molecular weight excluding hydrogens is 854 g/mol. The summed E-state index contributed by atoms with van der Waals surface area (Å²) < 4.78 is 26.9. The Morgan fingerprint density at radius 2 is 0.879 bits per heavy atom. The molecule has 0 heterocycles. The number of carbonyl (C=O) groups excluding carboxylic acids is 2. The molecule has 12 heteroatoms. The molecule has 11 nitrogen and oxygen atoms in total. The minimum absolute atomic E-state index is 0.134. The summed E-state index contributed by atoms with van der Waals surface area (Å²) in [5.74, 6) is -2.41. The molecule has 66 heavy (non-hydrogen) atoms. The first-order valence-corrected chi connectivity index (χ1v) is 26.8. The Morgan fingerprint density at radius 3 is 1.32 bits per heavy atom. The van der Waals surface area contributed by atoms with Crippen molar-refractivity contribution in [2.45, 2.75) is 206 Å². The maximum absolute atomic E-state index is 12.4. The second kappa shape index (κ2) is 47.9. The first kappa shape index (κ1) is 62.4. The molecule has 376 valence electrons. The van der Waals surface area contributed by atoms with Crippen LogP contribution in [0.2, 0.25) is 0 Å². The number of ether oxygens (including phenoxy) is 1. The van der Waals surface area contributed by atoms with Gasteiger partial charge in [-0.1, -0.05) is 182 Å². The molecule has 0 aromatic carbocycles. The lowest BCUT2D eigenvalue weighted by atomic mass is 10.1. The highest BCUT2D eigenvalue weighted by Crippen LogP contribution is 2.43. The van der Waals surface area contributed by atoms with Gasteiger partial charge in [-0.05, 0) is 96.3 Å². The third kappa shape index (κ3) is 46.9. The van der Waals surface area contributed by atoms with Gasteiger partial charge in [0.1, 0.15) is 12.7 Å². The highest BCUT2D eigenvalue weighted by atomic mass is 31.2. The Balaban J connectivity index is 3.91. The summed E-state index contributed by atoms with van der Waals surface area (Å²) in [5, 5.41) is 21.9. The Labute approximate surface area is 400 Å². The van der Waals surface area contributed by atoms with Crippen molar-refractivity contribution in [1.29, 1.82) is 0 Å². The lowest BCUT2D eigenvalue weighted by molar-refractivity contribution is -0.147. The first-order chi connectivity index (χ1) is 32.1. The number of rotatable bonds is 46. The van der Waals surface area contributed by atoms with Crippen molar-refractivity contribution < 1.29 is 47.8 Å². The van der Waals surface area contributed by atoms with Crippen LogP contribution in [0.15, 0.2) is 97.2 Å². The number of esters is 1. The van der Waals surface area contributed by atoms with Gasteiger partial charge in [-0.2, -0.15) is 0 Å². The van der Waals surface area contributed by atoms with E-state index in [-0.39, 0.29) is 12.8 Å². The Hall–Kier alpha value is -3.60. The molecule has 0 saturated carbocycles. The van der Waals surface area contributed by atoms with Gasteiger partial charge in [0, 0.05) is 12.8 Å². The number of carbonyl (C=O) groups is 3. The quantitative estimate of drug-likeness (QED) is 0.0199. The van der Waals surface area contributed by atoms with Gasteiger partial charge in [0.25, 0.3) is 0 Å². The van der Waals surface area contributed by atoms with Crippen LogP contribution >= 0.6 is 7.82 Å². The monoisotopic (exact) mass is 944 g/mol. The Kier molecular flexibility index (Phi) is 45.3. The van der Waals surface area contributed by atoms with Gasteiger partial charge in [0.15, 0.2) is 6.04 Å². The first-order valence-electron chi connectivity index (χ1n) is 25.3. The van der Waals surface area contributed by atoms with Crippen molar-refractivity contribution in [2.75, 3.05) is 19.8 Å². The van der Waals surface area contributed by atoms with Crippen LogP contribution in [-0.4, -0.2) is 64.9 Å². The van der Waals surface area contributed by atoms with Crippen molar-refractivity contribution in [3.63, 3.8) is 0 Å². The molecule has 0 aromatic rings. The van der Waals surface area contributed by atoms with E-state index in [1.807, 2.05) is 0 Å². The fraction of sp³-hybridized carbons (Fsp3) is 0.648. The molecule has 0 fully saturated rings. The highest BCUT2D eigenvalue weighted by Gasteiger charge is 2.28. The van der Waals surface area contributed by atoms with Crippen LogP contribution in [0.1, 0.15) is 194 Å². The summed E-state index contributed by atoms with van der Waals surface area (Å²) in [7, 11) is -4.78. The van der Waals surface area contributed by atoms with Gasteiger partial charge >= 0.3 is 19.8 Å². The number of nitrogens with one attached hydrogen (secondary N) is 1. The number of aliphatic carboxylic acids is 1.